The Morgan fingerprint density at radius 1 is 1.21 bits per heavy atom. The van der Waals surface area contributed by atoms with E-state index in [1.54, 1.807) is 23.1 Å². The summed E-state index contributed by atoms with van der Waals surface area (Å²) in [6.45, 7) is 9.20. The van der Waals surface area contributed by atoms with Gasteiger partial charge in [0.15, 0.2) is 16.0 Å². The van der Waals surface area contributed by atoms with Gasteiger partial charge < -0.3 is 10.1 Å². The number of aryl methyl sites for hydroxylation is 1. The van der Waals surface area contributed by atoms with Gasteiger partial charge in [-0.2, -0.15) is 0 Å². The number of nitrogens with one attached hydrogen (secondary N) is 1. The van der Waals surface area contributed by atoms with E-state index in [9.17, 15) is 4.79 Å². The average Bonchev–Trinajstić information content (AvgIpc) is 3.50. The number of amides is 1. The summed E-state index contributed by atoms with van der Waals surface area (Å²) in [7, 11) is 0. The molecule has 1 aliphatic heterocycles. The SMILES string of the molecule is CCCSc1nc2sc3c(c2c2nnc(SCC(=O)NC(C)CCc4ccccc4)n12)CC(C)(CC)OC3. The van der Waals surface area contributed by atoms with Crippen LogP contribution in [0.3, 0.4) is 0 Å². The Morgan fingerprint density at radius 3 is 2.79 bits per heavy atom. The average molecular weight is 570 g/mol. The Hall–Kier alpha value is -2.14. The first-order valence-electron chi connectivity index (χ1n) is 13.3. The lowest BCUT2D eigenvalue weighted by molar-refractivity contribution is -0.119. The lowest BCUT2D eigenvalue weighted by atomic mass is 9.90. The number of hydrogen-bond donors (Lipinski definition) is 1. The van der Waals surface area contributed by atoms with Crippen molar-refractivity contribution in [2.75, 3.05) is 11.5 Å². The zero-order valence-corrected chi connectivity index (χ0v) is 24.9. The highest BCUT2D eigenvalue weighted by Gasteiger charge is 2.33. The van der Waals surface area contributed by atoms with Gasteiger partial charge in [-0.25, -0.2) is 9.38 Å². The van der Waals surface area contributed by atoms with Crippen molar-refractivity contribution in [3.63, 3.8) is 0 Å². The van der Waals surface area contributed by atoms with E-state index < -0.39 is 0 Å². The highest BCUT2D eigenvalue weighted by atomic mass is 32.2. The smallest absolute Gasteiger partial charge is 0.230 e. The summed E-state index contributed by atoms with van der Waals surface area (Å²) in [5, 5.41) is 15.0. The summed E-state index contributed by atoms with van der Waals surface area (Å²) in [5.41, 5.74) is 3.24. The quantitative estimate of drug-likeness (QED) is 0.167. The number of thiophene rings is 1. The van der Waals surface area contributed by atoms with Gasteiger partial charge in [-0.05, 0) is 50.7 Å². The van der Waals surface area contributed by atoms with Crippen LogP contribution in [0, 0.1) is 0 Å². The van der Waals surface area contributed by atoms with Gasteiger partial charge in [-0.3, -0.25) is 4.79 Å². The molecule has 4 aromatic rings. The number of nitrogens with zero attached hydrogens (tertiary/aromatic N) is 4. The summed E-state index contributed by atoms with van der Waals surface area (Å²) < 4.78 is 8.27. The fourth-order valence-electron chi connectivity index (χ4n) is 4.67. The number of carbonyl (C=O) groups is 1. The van der Waals surface area contributed by atoms with Crippen LogP contribution in [0.15, 0.2) is 40.6 Å². The van der Waals surface area contributed by atoms with Crippen LogP contribution in [-0.2, 0) is 29.0 Å². The molecule has 0 fully saturated rings. The van der Waals surface area contributed by atoms with E-state index in [4.69, 9.17) is 9.72 Å². The van der Waals surface area contributed by atoms with Crippen molar-refractivity contribution < 1.29 is 9.53 Å². The topological polar surface area (TPSA) is 81.4 Å². The Labute approximate surface area is 236 Å². The highest BCUT2D eigenvalue weighted by Crippen LogP contribution is 2.42. The second-order valence-electron chi connectivity index (χ2n) is 10.1. The largest absolute Gasteiger partial charge is 0.369 e. The van der Waals surface area contributed by atoms with E-state index in [1.807, 2.05) is 6.07 Å². The molecule has 0 aliphatic carbocycles. The third kappa shape index (κ3) is 5.88. The molecule has 1 amide bonds. The minimum absolute atomic E-state index is 0.00730. The van der Waals surface area contributed by atoms with Crippen molar-refractivity contribution in [1.29, 1.82) is 0 Å². The monoisotopic (exact) mass is 569 g/mol. The molecule has 5 rings (SSSR count). The van der Waals surface area contributed by atoms with Crippen molar-refractivity contribution >= 4 is 56.6 Å². The minimum atomic E-state index is -0.180. The number of rotatable bonds is 11. The normalized spacial score (nSPS) is 18.1. The van der Waals surface area contributed by atoms with Crippen molar-refractivity contribution in [3.05, 3.63) is 46.3 Å². The van der Waals surface area contributed by atoms with Crippen LogP contribution in [0.2, 0.25) is 0 Å². The van der Waals surface area contributed by atoms with E-state index in [0.29, 0.717) is 11.8 Å². The van der Waals surface area contributed by atoms with Gasteiger partial charge >= 0.3 is 0 Å². The fraction of sp³-hybridized carbons (Fsp3) is 0.500. The van der Waals surface area contributed by atoms with Gasteiger partial charge in [0, 0.05) is 23.1 Å². The molecular weight excluding hydrogens is 535 g/mol. The molecule has 0 saturated carbocycles. The van der Waals surface area contributed by atoms with E-state index >= 15 is 0 Å². The molecule has 7 nitrogen and oxygen atoms in total. The van der Waals surface area contributed by atoms with Gasteiger partial charge in [0.1, 0.15) is 4.83 Å². The summed E-state index contributed by atoms with van der Waals surface area (Å²) in [6, 6.07) is 10.5. The molecule has 202 valence electrons. The molecular formula is C28H35N5O2S3. The highest BCUT2D eigenvalue weighted by molar-refractivity contribution is 8.00. The molecule has 1 aliphatic rings. The van der Waals surface area contributed by atoms with Crippen LogP contribution in [0.25, 0.3) is 15.9 Å². The number of thioether (sulfide) groups is 2. The third-order valence-corrected chi connectivity index (χ3v) is 10.2. The van der Waals surface area contributed by atoms with Crippen LogP contribution >= 0.6 is 34.9 Å². The molecule has 1 N–H and O–H groups in total. The summed E-state index contributed by atoms with van der Waals surface area (Å²) in [6.07, 6.45) is 4.68. The summed E-state index contributed by atoms with van der Waals surface area (Å²) in [5.74, 6) is 1.25. The van der Waals surface area contributed by atoms with E-state index in [-0.39, 0.29) is 23.3 Å². The molecule has 0 radical (unpaired) electrons. The Balaban J connectivity index is 1.36. The molecule has 0 spiro atoms. The number of carbonyl (C=O) groups excluding carboxylic acids is 1. The first-order chi connectivity index (χ1) is 18.4. The third-order valence-electron chi connectivity index (χ3n) is 7.05. The molecule has 2 atom stereocenters. The lowest BCUT2D eigenvalue weighted by Crippen LogP contribution is -2.34. The van der Waals surface area contributed by atoms with Gasteiger partial charge in [0.05, 0.1) is 23.3 Å². The van der Waals surface area contributed by atoms with Crippen molar-refractivity contribution in [2.24, 2.45) is 0 Å². The number of benzene rings is 1. The van der Waals surface area contributed by atoms with E-state index in [2.05, 4.69) is 71.9 Å². The predicted molar refractivity (Wildman–Crippen MR) is 157 cm³/mol. The number of hydrogen-bond acceptors (Lipinski definition) is 8. The van der Waals surface area contributed by atoms with Crippen LogP contribution in [0.5, 0.6) is 0 Å². The zero-order valence-electron chi connectivity index (χ0n) is 22.5. The Kier molecular flexibility index (Phi) is 8.62. The Morgan fingerprint density at radius 2 is 2.03 bits per heavy atom. The first kappa shape index (κ1) is 27.4. The van der Waals surface area contributed by atoms with Crippen molar-refractivity contribution in [3.8, 4) is 0 Å². The lowest BCUT2D eigenvalue weighted by Gasteiger charge is -2.33. The first-order valence-corrected chi connectivity index (χ1v) is 16.1. The molecule has 0 saturated heterocycles. The molecule has 2 unspecified atom stereocenters. The zero-order chi connectivity index (χ0) is 26.7. The number of fused-ring (bicyclic) bond motifs is 5. The molecule has 3 aromatic heterocycles. The van der Waals surface area contributed by atoms with E-state index in [1.165, 1.54) is 27.8 Å². The Bertz CT molecular complexity index is 1420. The van der Waals surface area contributed by atoms with Crippen LogP contribution in [0.1, 0.15) is 63.0 Å². The van der Waals surface area contributed by atoms with Gasteiger partial charge in [-0.15, -0.1) is 21.5 Å². The van der Waals surface area contributed by atoms with Gasteiger partial charge in [0.25, 0.3) is 0 Å². The summed E-state index contributed by atoms with van der Waals surface area (Å²) in [4.78, 5) is 20.1. The standard InChI is InChI=1S/C28H35N5O2S3/c1-5-14-36-26-30-25-23(20-15-28(4,6-2)35-16-21(20)38-25)24-31-32-27(33(24)26)37-17-22(34)29-18(3)12-13-19-10-8-7-9-11-19/h7-11,18H,5-6,12-17H2,1-4H3,(H,29,34). The second-order valence-corrected chi connectivity index (χ2v) is 13.2. The van der Waals surface area contributed by atoms with E-state index in [0.717, 1.165) is 58.9 Å². The van der Waals surface area contributed by atoms with Crippen LogP contribution < -0.4 is 5.32 Å². The molecule has 0 bridgehead atoms. The molecule has 4 heterocycles. The molecule has 38 heavy (non-hydrogen) atoms. The minimum Gasteiger partial charge on any atom is -0.369 e. The number of ether oxygens (including phenoxy) is 1. The predicted octanol–water partition coefficient (Wildman–Crippen LogP) is 6.31. The van der Waals surface area contributed by atoms with Crippen LogP contribution in [0.4, 0.5) is 0 Å². The number of aromatic nitrogens is 4. The van der Waals surface area contributed by atoms with Gasteiger partial charge in [-0.1, -0.05) is 67.7 Å². The second kappa shape index (κ2) is 11.9. The molecule has 10 heteroatoms. The fourth-order valence-corrected chi connectivity index (χ4v) is 7.48. The van der Waals surface area contributed by atoms with Crippen molar-refractivity contribution in [2.45, 2.75) is 88.4 Å². The maximum absolute atomic E-state index is 12.8. The maximum Gasteiger partial charge on any atom is 0.230 e. The maximum atomic E-state index is 12.8. The van der Waals surface area contributed by atoms with Gasteiger partial charge in [0.2, 0.25) is 5.91 Å². The van der Waals surface area contributed by atoms with Crippen LogP contribution in [-0.4, -0.2) is 48.6 Å². The summed E-state index contributed by atoms with van der Waals surface area (Å²) >= 11 is 4.85. The molecule has 1 aromatic carbocycles. The van der Waals surface area contributed by atoms with Crippen molar-refractivity contribution in [1.82, 2.24) is 24.9 Å².